The zero-order chi connectivity index (χ0) is 12.4. The summed E-state index contributed by atoms with van der Waals surface area (Å²) in [5.74, 6) is 1.63. The van der Waals surface area contributed by atoms with Gasteiger partial charge in [-0.25, -0.2) is 0 Å². The summed E-state index contributed by atoms with van der Waals surface area (Å²) >= 11 is 4.98. The van der Waals surface area contributed by atoms with E-state index in [1.54, 1.807) is 11.3 Å². The molecule has 92 valence electrons. The van der Waals surface area contributed by atoms with Crippen molar-refractivity contribution in [3.63, 3.8) is 0 Å². The van der Waals surface area contributed by atoms with Crippen LogP contribution in [-0.2, 0) is 0 Å². The molecule has 0 radical (unpaired) electrons. The molecule has 0 unspecified atom stereocenters. The van der Waals surface area contributed by atoms with E-state index >= 15 is 0 Å². The molecule has 0 aromatic carbocycles. The molecule has 2 N–H and O–H groups in total. The van der Waals surface area contributed by atoms with Crippen molar-refractivity contribution in [1.82, 2.24) is 10.1 Å². The van der Waals surface area contributed by atoms with Gasteiger partial charge in [0.1, 0.15) is 0 Å². The Bertz CT molecular complexity index is 494. The minimum atomic E-state index is -0.181. The Morgan fingerprint density at radius 1 is 1.47 bits per heavy atom. The largest absolute Gasteiger partial charge is 0.337 e. The molecule has 0 bridgehead atoms. The van der Waals surface area contributed by atoms with Crippen LogP contribution in [0.15, 0.2) is 20.4 Å². The Morgan fingerprint density at radius 3 is 2.82 bits per heavy atom. The summed E-state index contributed by atoms with van der Waals surface area (Å²) in [6, 6.07) is 3.74. The Balaban J connectivity index is 2.15. The second-order valence-corrected chi connectivity index (χ2v) is 6.76. The summed E-state index contributed by atoms with van der Waals surface area (Å²) < 4.78 is 6.24. The molecule has 0 saturated heterocycles. The summed E-state index contributed by atoms with van der Waals surface area (Å²) in [6.45, 7) is 4.24. The van der Waals surface area contributed by atoms with Crippen LogP contribution in [0, 0.1) is 5.92 Å². The van der Waals surface area contributed by atoms with E-state index in [4.69, 9.17) is 10.3 Å². The molecule has 2 rings (SSSR count). The second kappa shape index (κ2) is 5.29. The summed E-state index contributed by atoms with van der Waals surface area (Å²) in [6.07, 6.45) is 0.843. The topological polar surface area (TPSA) is 64.9 Å². The molecule has 0 aliphatic rings. The standard InChI is InChI=1S/C11H14BrN3OS/c1-6(2)5-7(13)11-14-10(15-16-11)8-3-4-9(12)17-8/h3-4,6-7H,5,13H2,1-2H3/t7-/m0/s1. The molecule has 0 amide bonds. The first-order chi connectivity index (χ1) is 8.06. The SMILES string of the molecule is CC(C)C[C@H](N)c1nc(-c2ccc(Br)s2)no1. The molecule has 0 fully saturated rings. The lowest BCUT2D eigenvalue weighted by atomic mass is 10.0. The average Bonchev–Trinajstić information content (AvgIpc) is 2.84. The second-order valence-electron chi connectivity index (χ2n) is 4.30. The van der Waals surface area contributed by atoms with Crippen LogP contribution in [0.1, 0.15) is 32.2 Å². The molecule has 0 aliphatic carbocycles. The summed E-state index contributed by atoms with van der Waals surface area (Å²) in [7, 11) is 0. The molecule has 2 aromatic heterocycles. The lowest BCUT2D eigenvalue weighted by molar-refractivity contribution is 0.335. The minimum absolute atomic E-state index is 0.181. The third-order valence-electron chi connectivity index (χ3n) is 2.28. The molecule has 0 spiro atoms. The number of aromatic nitrogens is 2. The van der Waals surface area contributed by atoms with Crippen molar-refractivity contribution in [3.05, 3.63) is 21.8 Å². The maximum absolute atomic E-state index is 5.99. The van der Waals surface area contributed by atoms with Crippen molar-refractivity contribution in [1.29, 1.82) is 0 Å². The molecule has 17 heavy (non-hydrogen) atoms. The first-order valence-electron chi connectivity index (χ1n) is 5.41. The molecule has 6 heteroatoms. The van der Waals surface area contributed by atoms with Gasteiger partial charge in [-0.2, -0.15) is 4.98 Å². The predicted octanol–water partition coefficient (Wildman–Crippen LogP) is 3.61. The van der Waals surface area contributed by atoms with Gasteiger partial charge in [0, 0.05) is 0 Å². The summed E-state index contributed by atoms with van der Waals surface area (Å²) in [5, 5.41) is 3.95. The van der Waals surface area contributed by atoms with Crippen molar-refractivity contribution >= 4 is 27.3 Å². The summed E-state index contributed by atoms with van der Waals surface area (Å²) in [4.78, 5) is 5.31. The van der Waals surface area contributed by atoms with Crippen molar-refractivity contribution < 1.29 is 4.52 Å². The maximum Gasteiger partial charge on any atom is 0.243 e. The number of nitrogens with two attached hydrogens (primary N) is 1. The van der Waals surface area contributed by atoms with Gasteiger partial charge in [-0.15, -0.1) is 11.3 Å². The monoisotopic (exact) mass is 315 g/mol. The van der Waals surface area contributed by atoms with E-state index < -0.39 is 0 Å². The van der Waals surface area contributed by atoms with Crippen LogP contribution >= 0.6 is 27.3 Å². The van der Waals surface area contributed by atoms with Gasteiger partial charge in [0.25, 0.3) is 0 Å². The van der Waals surface area contributed by atoms with Gasteiger partial charge in [0.2, 0.25) is 11.7 Å². The molecular formula is C11H14BrN3OS. The zero-order valence-corrected chi connectivity index (χ0v) is 12.1. The van der Waals surface area contributed by atoms with E-state index in [9.17, 15) is 0 Å². The molecule has 2 aromatic rings. The lowest BCUT2D eigenvalue weighted by Gasteiger charge is -2.08. The van der Waals surface area contributed by atoms with Crippen LogP contribution in [0.25, 0.3) is 10.7 Å². The fourth-order valence-corrected chi connectivity index (χ4v) is 2.84. The number of thiophene rings is 1. The Hall–Kier alpha value is -0.720. The summed E-state index contributed by atoms with van der Waals surface area (Å²) in [5.41, 5.74) is 5.99. The van der Waals surface area contributed by atoms with Gasteiger partial charge < -0.3 is 10.3 Å². The first kappa shape index (κ1) is 12.7. The van der Waals surface area contributed by atoms with Crippen molar-refractivity contribution in [2.75, 3.05) is 0 Å². The Kier molecular flexibility index (Phi) is 3.96. The van der Waals surface area contributed by atoms with Crippen LogP contribution in [0.4, 0.5) is 0 Å². The highest BCUT2D eigenvalue weighted by molar-refractivity contribution is 9.11. The number of rotatable bonds is 4. The van der Waals surface area contributed by atoms with E-state index in [1.807, 2.05) is 12.1 Å². The average molecular weight is 316 g/mol. The van der Waals surface area contributed by atoms with Crippen molar-refractivity contribution in [2.45, 2.75) is 26.3 Å². The molecule has 0 saturated carbocycles. The number of nitrogens with zero attached hydrogens (tertiary/aromatic N) is 2. The van der Waals surface area contributed by atoms with E-state index in [1.165, 1.54) is 0 Å². The van der Waals surface area contributed by atoms with E-state index in [2.05, 4.69) is 39.9 Å². The van der Waals surface area contributed by atoms with Crippen LogP contribution in [0.2, 0.25) is 0 Å². The van der Waals surface area contributed by atoms with Crippen LogP contribution in [0.5, 0.6) is 0 Å². The molecule has 4 nitrogen and oxygen atoms in total. The van der Waals surface area contributed by atoms with Gasteiger partial charge in [0.05, 0.1) is 14.7 Å². The number of halogens is 1. The quantitative estimate of drug-likeness (QED) is 0.936. The van der Waals surface area contributed by atoms with Crippen LogP contribution in [-0.4, -0.2) is 10.1 Å². The van der Waals surface area contributed by atoms with E-state index in [-0.39, 0.29) is 6.04 Å². The minimum Gasteiger partial charge on any atom is -0.337 e. The number of hydrogen-bond acceptors (Lipinski definition) is 5. The fraction of sp³-hybridized carbons (Fsp3) is 0.455. The third kappa shape index (κ3) is 3.14. The molecule has 2 heterocycles. The van der Waals surface area contributed by atoms with Crippen molar-refractivity contribution in [2.24, 2.45) is 11.7 Å². The van der Waals surface area contributed by atoms with Crippen LogP contribution in [0.3, 0.4) is 0 Å². The Labute approximate surface area is 112 Å². The highest BCUT2D eigenvalue weighted by Gasteiger charge is 2.17. The smallest absolute Gasteiger partial charge is 0.243 e. The zero-order valence-electron chi connectivity index (χ0n) is 9.68. The fourth-order valence-electron chi connectivity index (χ4n) is 1.53. The molecule has 0 aliphatic heterocycles. The lowest BCUT2D eigenvalue weighted by Crippen LogP contribution is -2.13. The molecule has 1 atom stereocenters. The van der Waals surface area contributed by atoms with Gasteiger partial charge >= 0.3 is 0 Å². The first-order valence-corrected chi connectivity index (χ1v) is 7.02. The van der Waals surface area contributed by atoms with Gasteiger partial charge in [-0.3, -0.25) is 0 Å². The van der Waals surface area contributed by atoms with Gasteiger partial charge in [-0.05, 0) is 40.4 Å². The van der Waals surface area contributed by atoms with E-state index in [0.29, 0.717) is 17.6 Å². The van der Waals surface area contributed by atoms with Gasteiger partial charge in [0.15, 0.2) is 0 Å². The Morgan fingerprint density at radius 2 is 2.24 bits per heavy atom. The maximum atomic E-state index is 5.99. The normalized spacial score (nSPS) is 13.2. The predicted molar refractivity (Wildman–Crippen MR) is 71.7 cm³/mol. The van der Waals surface area contributed by atoms with E-state index in [0.717, 1.165) is 15.1 Å². The van der Waals surface area contributed by atoms with Crippen molar-refractivity contribution in [3.8, 4) is 10.7 Å². The highest BCUT2D eigenvalue weighted by Crippen LogP contribution is 2.30. The molecular weight excluding hydrogens is 302 g/mol. The van der Waals surface area contributed by atoms with Crippen LogP contribution < -0.4 is 5.73 Å². The number of hydrogen-bond donors (Lipinski definition) is 1. The third-order valence-corrected chi connectivity index (χ3v) is 3.90. The van der Waals surface area contributed by atoms with Gasteiger partial charge in [-0.1, -0.05) is 19.0 Å². The highest BCUT2D eigenvalue weighted by atomic mass is 79.9.